The quantitative estimate of drug-likeness (QED) is 0.181. The number of benzene rings is 2. The van der Waals surface area contributed by atoms with Gasteiger partial charge in [0.15, 0.2) is 0 Å². The average Bonchev–Trinajstić information content (AvgIpc) is 3.76. The molecule has 7 rings (SSSR count). The third-order valence-corrected chi connectivity index (χ3v) is 7.13. The molecule has 0 atom stereocenters. The summed E-state index contributed by atoms with van der Waals surface area (Å²) >= 11 is 0. The van der Waals surface area contributed by atoms with Crippen molar-refractivity contribution in [2.45, 2.75) is 6.92 Å². The molecule has 2 aromatic carbocycles. The van der Waals surface area contributed by atoms with Crippen molar-refractivity contribution in [2.75, 3.05) is 0 Å². The summed E-state index contributed by atoms with van der Waals surface area (Å²) in [5, 5.41) is 11.2. The van der Waals surface area contributed by atoms with Crippen molar-refractivity contribution in [1.82, 2.24) is 19.9 Å². The van der Waals surface area contributed by atoms with E-state index in [1.807, 2.05) is 67.6 Å². The Hall–Kier alpha value is -5.56. The highest BCUT2D eigenvalue weighted by Gasteiger charge is 2.16. The first kappa shape index (κ1) is 23.5. The number of rotatable bonds is 3. The summed E-state index contributed by atoms with van der Waals surface area (Å²) in [7, 11) is 0. The van der Waals surface area contributed by atoms with Crippen molar-refractivity contribution in [1.29, 1.82) is 0 Å². The molecule has 3 aromatic heterocycles. The molecule has 2 aliphatic rings. The Morgan fingerprint density at radius 2 is 1.15 bits per heavy atom. The van der Waals surface area contributed by atoms with Crippen LogP contribution in [0.2, 0.25) is 0 Å². The van der Waals surface area contributed by atoms with Crippen LogP contribution in [0, 0.1) is 17.0 Å². The average molecular weight is 522 g/mol. The molecule has 0 fully saturated rings. The van der Waals surface area contributed by atoms with E-state index in [9.17, 15) is 10.1 Å². The molecule has 0 radical (unpaired) electrons. The monoisotopic (exact) mass is 521 g/mol. The smallest absolute Gasteiger partial charge is 0.269 e. The van der Waals surface area contributed by atoms with Crippen molar-refractivity contribution in [3.8, 4) is 22.3 Å². The maximum atomic E-state index is 11.2. The van der Waals surface area contributed by atoms with Gasteiger partial charge in [0.25, 0.3) is 5.69 Å². The number of aromatic amines is 2. The Labute approximate surface area is 229 Å². The van der Waals surface area contributed by atoms with E-state index in [-0.39, 0.29) is 10.6 Å². The predicted octanol–water partition coefficient (Wildman–Crippen LogP) is 8.21. The lowest BCUT2D eigenvalue weighted by atomic mass is 9.94. The predicted molar refractivity (Wildman–Crippen MR) is 161 cm³/mol. The maximum absolute atomic E-state index is 11.2. The van der Waals surface area contributed by atoms with Crippen molar-refractivity contribution in [3.05, 3.63) is 123 Å². The molecule has 8 bridgehead atoms. The number of non-ortho nitro benzene ring substituents is 1. The van der Waals surface area contributed by atoms with Crippen molar-refractivity contribution in [3.63, 3.8) is 0 Å². The number of nitro groups is 1. The summed E-state index contributed by atoms with van der Waals surface area (Å²) in [4.78, 5) is 27.6. The summed E-state index contributed by atoms with van der Waals surface area (Å²) in [6.45, 7) is 2.04. The number of nitro benzene ring substituents is 1. The van der Waals surface area contributed by atoms with Crippen LogP contribution in [0.25, 0.3) is 68.6 Å². The molecule has 0 aliphatic carbocycles. The SMILES string of the molecule is Cc1ccc(-c2c3nc(cc4ccc(cc5ccc(cc6nc2C=C6)[nH]5)[nH]4)C=C3)cc1-c1ccc([N+](=O)[O-])cc1. The molecule has 7 heteroatoms. The molecule has 2 aliphatic heterocycles. The highest BCUT2D eigenvalue weighted by atomic mass is 16.6. The Bertz CT molecular complexity index is 1950. The molecule has 2 N–H and O–H groups in total. The minimum atomic E-state index is -0.382. The number of fused-ring (bicyclic) bond motifs is 8. The van der Waals surface area contributed by atoms with Gasteiger partial charge in [-0.25, -0.2) is 9.97 Å². The van der Waals surface area contributed by atoms with Crippen molar-refractivity contribution in [2.24, 2.45) is 0 Å². The van der Waals surface area contributed by atoms with Crippen LogP contribution in [-0.4, -0.2) is 24.9 Å². The van der Waals surface area contributed by atoms with Gasteiger partial charge in [-0.1, -0.05) is 12.1 Å². The van der Waals surface area contributed by atoms with E-state index >= 15 is 0 Å². The zero-order valence-electron chi connectivity index (χ0n) is 21.6. The van der Waals surface area contributed by atoms with Crippen molar-refractivity contribution < 1.29 is 4.92 Å². The highest BCUT2D eigenvalue weighted by Crippen LogP contribution is 2.35. The van der Waals surface area contributed by atoms with Crippen LogP contribution in [0.4, 0.5) is 5.69 Å². The number of aryl methyl sites for hydroxylation is 1. The van der Waals surface area contributed by atoms with Crippen LogP contribution in [0.5, 0.6) is 0 Å². The first-order valence-electron chi connectivity index (χ1n) is 12.9. The Morgan fingerprint density at radius 1 is 0.625 bits per heavy atom. The number of nitrogens with one attached hydrogen (secondary N) is 2. The fourth-order valence-corrected chi connectivity index (χ4v) is 5.16. The summed E-state index contributed by atoms with van der Waals surface area (Å²) in [5.74, 6) is 0. The summed E-state index contributed by atoms with van der Waals surface area (Å²) in [6, 6.07) is 27.2. The lowest BCUT2D eigenvalue weighted by molar-refractivity contribution is -0.384. The Kier molecular flexibility index (Phi) is 5.49. The van der Waals surface area contributed by atoms with Gasteiger partial charge in [-0.2, -0.15) is 0 Å². The highest BCUT2D eigenvalue weighted by molar-refractivity contribution is 5.90. The zero-order valence-corrected chi connectivity index (χ0v) is 21.6. The molecule has 0 saturated heterocycles. The molecule has 40 heavy (non-hydrogen) atoms. The minimum absolute atomic E-state index is 0.0697. The van der Waals surface area contributed by atoms with Gasteiger partial charge in [-0.3, -0.25) is 10.1 Å². The van der Waals surface area contributed by atoms with Crippen LogP contribution < -0.4 is 0 Å². The fraction of sp³-hybridized carbons (Fsp3) is 0.0303. The molecular weight excluding hydrogens is 498 g/mol. The van der Waals surface area contributed by atoms with E-state index in [4.69, 9.17) is 9.97 Å². The third-order valence-electron chi connectivity index (χ3n) is 7.13. The largest absolute Gasteiger partial charge is 0.355 e. The molecule has 5 aromatic rings. The number of hydrogen-bond donors (Lipinski definition) is 2. The van der Waals surface area contributed by atoms with Gasteiger partial charge in [0.1, 0.15) is 0 Å². The van der Waals surface area contributed by atoms with Gasteiger partial charge in [-0.05, 0) is 114 Å². The van der Waals surface area contributed by atoms with Crippen LogP contribution in [0.3, 0.4) is 0 Å². The van der Waals surface area contributed by atoms with Crippen molar-refractivity contribution >= 4 is 52.1 Å². The van der Waals surface area contributed by atoms with E-state index in [0.29, 0.717) is 0 Å². The molecule has 7 nitrogen and oxygen atoms in total. The maximum Gasteiger partial charge on any atom is 0.269 e. The number of aromatic nitrogens is 4. The third kappa shape index (κ3) is 4.39. The first-order chi connectivity index (χ1) is 19.5. The van der Waals surface area contributed by atoms with E-state index < -0.39 is 0 Å². The van der Waals surface area contributed by atoms with Gasteiger partial charge in [0.2, 0.25) is 0 Å². The fourth-order valence-electron chi connectivity index (χ4n) is 5.16. The number of nitrogens with zero attached hydrogens (tertiary/aromatic N) is 3. The second kappa shape index (κ2) is 9.32. The van der Waals surface area contributed by atoms with Gasteiger partial charge in [0.05, 0.1) is 27.7 Å². The summed E-state index contributed by atoms with van der Waals surface area (Å²) in [6.07, 6.45) is 8.07. The normalized spacial score (nSPS) is 12.1. The molecule has 0 amide bonds. The topological polar surface area (TPSA) is 100 Å². The van der Waals surface area contributed by atoms with E-state index in [0.717, 1.165) is 72.7 Å². The summed E-state index contributed by atoms with van der Waals surface area (Å²) in [5.41, 5.74) is 12.2. The van der Waals surface area contributed by atoms with E-state index in [2.05, 4.69) is 34.2 Å². The Balaban J connectivity index is 1.48. The van der Waals surface area contributed by atoms with Crippen LogP contribution >= 0.6 is 0 Å². The zero-order chi connectivity index (χ0) is 27.2. The molecule has 0 spiro atoms. The molecule has 5 heterocycles. The second-order valence-electron chi connectivity index (χ2n) is 9.89. The number of hydrogen-bond acceptors (Lipinski definition) is 4. The standard InChI is InChI=1S/C33H23N5O2/c1-20-2-3-22(16-30(20)21-4-12-29(13-5-21)38(39)40)33-31-14-10-27(36-31)18-25-8-6-23(34-25)17-24-7-9-26(35-24)19-28-11-15-32(33)37-28/h2-19,34-35H,1H3. The summed E-state index contributed by atoms with van der Waals surface area (Å²) < 4.78 is 0. The second-order valence-corrected chi connectivity index (χ2v) is 9.89. The van der Waals surface area contributed by atoms with Gasteiger partial charge < -0.3 is 9.97 Å². The van der Waals surface area contributed by atoms with E-state index in [1.165, 1.54) is 0 Å². The Morgan fingerprint density at radius 3 is 1.70 bits per heavy atom. The van der Waals surface area contributed by atoms with Crippen LogP contribution in [0.15, 0.2) is 84.9 Å². The molecule has 192 valence electrons. The van der Waals surface area contributed by atoms with Crippen LogP contribution in [0.1, 0.15) is 28.3 Å². The first-order valence-corrected chi connectivity index (χ1v) is 12.9. The molecular formula is C33H23N5O2. The van der Waals surface area contributed by atoms with Crippen LogP contribution in [-0.2, 0) is 0 Å². The molecule has 0 saturated carbocycles. The lowest BCUT2D eigenvalue weighted by Gasteiger charge is -2.11. The van der Waals surface area contributed by atoms with Gasteiger partial charge >= 0.3 is 0 Å². The molecule has 0 unspecified atom stereocenters. The minimum Gasteiger partial charge on any atom is -0.355 e. The van der Waals surface area contributed by atoms with Gasteiger partial charge in [0, 0.05) is 39.8 Å². The van der Waals surface area contributed by atoms with E-state index in [1.54, 1.807) is 24.3 Å². The lowest BCUT2D eigenvalue weighted by Crippen LogP contribution is -1.92. The van der Waals surface area contributed by atoms with Gasteiger partial charge in [-0.15, -0.1) is 0 Å². The number of H-pyrrole nitrogens is 2.